The quantitative estimate of drug-likeness (QED) is 0.550. The number of methoxy groups -OCH3 is 1. The highest BCUT2D eigenvalue weighted by Crippen LogP contribution is 2.31. The number of carbonyl (C=O) groups excluding carboxylic acids is 2. The molecule has 0 aliphatic carbocycles. The SMILES string of the molecule is COc1ccc(NC(=O)CC(C)NC(=O)c2ccccc2)cc1OCc1cccnc1. The predicted octanol–water partition coefficient (Wildman–Crippen LogP) is 3.82. The molecule has 0 fully saturated rings. The van der Waals surface area contributed by atoms with Crippen molar-refractivity contribution >= 4 is 17.5 Å². The molecule has 7 nitrogen and oxygen atoms in total. The molecule has 0 bridgehead atoms. The number of nitrogens with one attached hydrogen (secondary N) is 2. The van der Waals surface area contributed by atoms with Crippen LogP contribution in [0.25, 0.3) is 0 Å². The third-order valence-corrected chi connectivity index (χ3v) is 4.47. The van der Waals surface area contributed by atoms with E-state index in [-0.39, 0.29) is 24.3 Å². The van der Waals surface area contributed by atoms with Crippen LogP contribution in [0.1, 0.15) is 29.3 Å². The summed E-state index contributed by atoms with van der Waals surface area (Å²) in [5.41, 5.74) is 2.05. The maximum absolute atomic E-state index is 12.4. The van der Waals surface area contributed by atoms with E-state index in [1.165, 1.54) is 0 Å². The lowest BCUT2D eigenvalue weighted by atomic mass is 10.1. The Balaban J connectivity index is 1.57. The van der Waals surface area contributed by atoms with Crippen LogP contribution < -0.4 is 20.1 Å². The maximum Gasteiger partial charge on any atom is 0.251 e. The van der Waals surface area contributed by atoms with Gasteiger partial charge in [-0.25, -0.2) is 0 Å². The molecule has 160 valence electrons. The molecular weight excluding hydrogens is 394 g/mol. The number of ether oxygens (including phenoxy) is 2. The fraction of sp³-hybridized carbons (Fsp3) is 0.208. The predicted molar refractivity (Wildman–Crippen MR) is 118 cm³/mol. The van der Waals surface area contributed by atoms with E-state index in [1.807, 2.05) is 18.2 Å². The molecular formula is C24H25N3O4. The van der Waals surface area contributed by atoms with Gasteiger partial charge in [0.05, 0.1) is 7.11 Å². The van der Waals surface area contributed by atoms with E-state index < -0.39 is 0 Å². The Bertz CT molecular complexity index is 1010. The summed E-state index contributed by atoms with van der Waals surface area (Å²) in [6.45, 7) is 2.11. The zero-order valence-electron chi connectivity index (χ0n) is 17.5. The number of nitrogens with zero attached hydrogens (tertiary/aromatic N) is 1. The largest absolute Gasteiger partial charge is 0.493 e. The molecule has 3 rings (SSSR count). The average Bonchev–Trinajstić information content (AvgIpc) is 2.79. The molecule has 0 spiro atoms. The fourth-order valence-corrected chi connectivity index (χ4v) is 2.95. The molecule has 0 saturated carbocycles. The molecule has 3 aromatic rings. The van der Waals surface area contributed by atoms with Gasteiger partial charge >= 0.3 is 0 Å². The standard InChI is InChI=1S/C24H25N3O4/c1-17(26-24(29)19-8-4-3-5-9-19)13-23(28)27-20-10-11-21(30-2)22(14-20)31-16-18-7-6-12-25-15-18/h3-12,14-15,17H,13,16H2,1-2H3,(H,26,29)(H,27,28). The summed E-state index contributed by atoms with van der Waals surface area (Å²) in [6, 6.07) is 17.5. The Hall–Kier alpha value is -3.87. The lowest BCUT2D eigenvalue weighted by molar-refractivity contribution is -0.116. The van der Waals surface area contributed by atoms with Crippen molar-refractivity contribution in [3.8, 4) is 11.5 Å². The van der Waals surface area contributed by atoms with Crippen molar-refractivity contribution in [3.63, 3.8) is 0 Å². The molecule has 0 radical (unpaired) electrons. The summed E-state index contributed by atoms with van der Waals surface area (Å²) < 4.78 is 11.2. The minimum absolute atomic E-state index is 0.135. The summed E-state index contributed by atoms with van der Waals surface area (Å²) in [6.07, 6.45) is 3.56. The van der Waals surface area contributed by atoms with Crippen molar-refractivity contribution in [1.29, 1.82) is 0 Å². The molecule has 0 aliphatic heterocycles. The third kappa shape index (κ3) is 6.57. The van der Waals surface area contributed by atoms with Crippen molar-refractivity contribution in [3.05, 3.63) is 84.2 Å². The highest BCUT2D eigenvalue weighted by Gasteiger charge is 2.14. The normalized spacial score (nSPS) is 11.3. The molecule has 1 unspecified atom stereocenters. The first kappa shape index (κ1) is 21.8. The van der Waals surface area contributed by atoms with E-state index in [4.69, 9.17) is 9.47 Å². The second-order valence-electron chi connectivity index (χ2n) is 7.01. The minimum Gasteiger partial charge on any atom is -0.493 e. The van der Waals surface area contributed by atoms with Crippen LogP contribution in [0.4, 0.5) is 5.69 Å². The van der Waals surface area contributed by atoms with E-state index in [2.05, 4.69) is 15.6 Å². The molecule has 31 heavy (non-hydrogen) atoms. The van der Waals surface area contributed by atoms with E-state index in [1.54, 1.807) is 68.9 Å². The Morgan fingerprint density at radius 1 is 1.03 bits per heavy atom. The van der Waals surface area contributed by atoms with Crippen LogP contribution in [0.3, 0.4) is 0 Å². The maximum atomic E-state index is 12.4. The van der Waals surface area contributed by atoms with Crippen LogP contribution in [0.2, 0.25) is 0 Å². The van der Waals surface area contributed by atoms with Crippen molar-refractivity contribution < 1.29 is 19.1 Å². The summed E-state index contributed by atoms with van der Waals surface area (Å²) in [5.74, 6) is 0.639. The van der Waals surface area contributed by atoms with Crippen molar-refractivity contribution in [1.82, 2.24) is 10.3 Å². The molecule has 2 N–H and O–H groups in total. The summed E-state index contributed by atoms with van der Waals surface area (Å²) in [4.78, 5) is 28.7. The van der Waals surface area contributed by atoms with Gasteiger partial charge in [0.2, 0.25) is 5.91 Å². The lowest BCUT2D eigenvalue weighted by Gasteiger charge is -2.15. The van der Waals surface area contributed by atoms with Crippen LogP contribution >= 0.6 is 0 Å². The summed E-state index contributed by atoms with van der Waals surface area (Å²) >= 11 is 0. The van der Waals surface area contributed by atoms with Crippen LogP contribution in [-0.2, 0) is 11.4 Å². The van der Waals surface area contributed by atoms with Gasteiger partial charge in [-0.1, -0.05) is 24.3 Å². The number of rotatable bonds is 9. The number of anilines is 1. The Kier molecular flexibility index (Phi) is 7.59. The zero-order chi connectivity index (χ0) is 22.1. The van der Waals surface area contributed by atoms with Gasteiger partial charge in [0.25, 0.3) is 5.91 Å². The molecule has 2 amide bonds. The second-order valence-corrected chi connectivity index (χ2v) is 7.01. The smallest absolute Gasteiger partial charge is 0.251 e. The van der Waals surface area contributed by atoms with Crippen molar-refractivity contribution in [2.45, 2.75) is 26.0 Å². The topological polar surface area (TPSA) is 89.6 Å². The minimum atomic E-state index is -0.327. The molecule has 0 saturated heterocycles. The summed E-state index contributed by atoms with van der Waals surface area (Å²) in [7, 11) is 1.56. The van der Waals surface area contributed by atoms with Crippen LogP contribution in [-0.4, -0.2) is 29.9 Å². The van der Waals surface area contributed by atoms with Crippen LogP contribution in [0.15, 0.2) is 73.1 Å². The van der Waals surface area contributed by atoms with Gasteiger partial charge in [0.15, 0.2) is 11.5 Å². The molecule has 1 heterocycles. The monoisotopic (exact) mass is 419 g/mol. The highest BCUT2D eigenvalue weighted by atomic mass is 16.5. The molecule has 1 aromatic heterocycles. The number of benzene rings is 2. The first-order chi connectivity index (χ1) is 15.0. The van der Waals surface area contributed by atoms with Gasteiger partial charge in [0.1, 0.15) is 6.61 Å². The number of hydrogen-bond donors (Lipinski definition) is 2. The molecule has 2 aromatic carbocycles. The lowest BCUT2D eigenvalue weighted by Crippen LogP contribution is -2.35. The van der Waals surface area contributed by atoms with E-state index in [0.29, 0.717) is 29.4 Å². The number of amides is 2. The number of aromatic nitrogens is 1. The Labute approximate surface area is 181 Å². The summed E-state index contributed by atoms with van der Waals surface area (Å²) in [5, 5.41) is 5.67. The first-order valence-corrected chi connectivity index (χ1v) is 9.90. The fourth-order valence-electron chi connectivity index (χ4n) is 2.95. The van der Waals surface area contributed by atoms with Gasteiger partial charge in [-0.2, -0.15) is 0 Å². The first-order valence-electron chi connectivity index (χ1n) is 9.90. The number of hydrogen-bond acceptors (Lipinski definition) is 5. The third-order valence-electron chi connectivity index (χ3n) is 4.47. The van der Waals surface area contributed by atoms with Gasteiger partial charge in [-0.3, -0.25) is 14.6 Å². The molecule has 0 aliphatic rings. The average molecular weight is 419 g/mol. The van der Waals surface area contributed by atoms with Gasteiger partial charge in [-0.15, -0.1) is 0 Å². The molecule has 7 heteroatoms. The number of carbonyl (C=O) groups is 2. The van der Waals surface area contributed by atoms with Gasteiger partial charge < -0.3 is 20.1 Å². The van der Waals surface area contributed by atoms with Crippen molar-refractivity contribution in [2.24, 2.45) is 0 Å². The Morgan fingerprint density at radius 3 is 2.55 bits per heavy atom. The van der Waals surface area contributed by atoms with E-state index in [9.17, 15) is 9.59 Å². The highest BCUT2D eigenvalue weighted by molar-refractivity contribution is 5.95. The van der Waals surface area contributed by atoms with Crippen molar-refractivity contribution in [2.75, 3.05) is 12.4 Å². The van der Waals surface area contributed by atoms with Gasteiger partial charge in [0, 0.05) is 47.7 Å². The second kappa shape index (κ2) is 10.8. The number of pyridine rings is 1. The van der Waals surface area contributed by atoms with Gasteiger partial charge in [-0.05, 0) is 37.3 Å². The Morgan fingerprint density at radius 2 is 1.84 bits per heavy atom. The molecule has 1 atom stereocenters. The van der Waals surface area contributed by atoms with Crippen LogP contribution in [0.5, 0.6) is 11.5 Å². The zero-order valence-corrected chi connectivity index (χ0v) is 17.5. The van der Waals surface area contributed by atoms with Crippen LogP contribution in [0, 0.1) is 0 Å². The van der Waals surface area contributed by atoms with E-state index >= 15 is 0 Å². The van der Waals surface area contributed by atoms with E-state index in [0.717, 1.165) is 5.56 Å².